The first-order valence-corrected chi connectivity index (χ1v) is 7.62. The number of hydrogen-bond acceptors (Lipinski definition) is 4. The second-order valence-corrected chi connectivity index (χ2v) is 6.13. The molecule has 0 bridgehead atoms. The quantitative estimate of drug-likeness (QED) is 0.645. The molecule has 1 amide bonds. The number of nitrogens with one attached hydrogen (secondary N) is 3. The zero-order valence-electron chi connectivity index (χ0n) is 12.2. The second-order valence-electron chi connectivity index (χ2n) is 6.13. The van der Waals surface area contributed by atoms with Crippen LogP contribution in [0.3, 0.4) is 0 Å². The zero-order chi connectivity index (χ0) is 13.7. The fourth-order valence-corrected chi connectivity index (χ4v) is 2.84. The van der Waals surface area contributed by atoms with Crippen LogP contribution in [0.5, 0.6) is 0 Å². The van der Waals surface area contributed by atoms with Crippen molar-refractivity contribution in [1.82, 2.24) is 20.9 Å². The second kappa shape index (κ2) is 7.22. The number of carbonyl (C=O) groups excluding carboxylic acids is 1. The normalized spacial score (nSPS) is 30.2. The highest BCUT2D eigenvalue weighted by atomic mass is 16.2. The van der Waals surface area contributed by atoms with Crippen LogP contribution in [0, 0.1) is 5.92 Å². The molecule has 0 spiro atoms. The number of carbonyl (C=O) groups is 1. The van der Waals surface area contributed by atoms with E-state index in [-0.39, 0.29) is 11.9 Å². The summed E-state index contributed by atoms with van der Waals surface area (Å²) in [6.07, 6.45) is 2.66. The Morgan fingerprint density at radius 3 is 2.68 bits per heavy atom. The van der Waals surface area contributed by atoms with Crippen molar-refractivity contribution in [2.24, 2.45) is 5.92 Å². The molecule has 19 heavy (non-hydrogen) atoms. The standard InChI is InChI=1S/C14H28N4O/c1-11(10-18-5-3-4-6-18)7-17-14(19)13-9-15-12(2)8-16-13/h11-13,15-16H,3-10H2,1-2H3,(H,17,19). The van der Waals surface area contributed by atoms with Gasteiger partial charge in [0.2, 0.25) is 5.91 Å². The van der Waals surface area contributed by atoms with Crippen molar-refractivity contribution in [2.75, 3.05) is 39.3 Å². The highest BCUT2D eigenvalue weighted by molar-refractivity contribution is 5.82. The Balaban J connectivity index is 1.62. The highest BCUT2D eigenvalue weighted by Gasteiger charge is 2.23. The minimum atomic E-state index is -0.0739. The maximum atomic E-state index is 12.0. The first-order chi connectivity index (χ1) is 9.15. The smallest absolute Gasteiger partial charge is 0.238 e. The zero-order valence-corrected chi connectivity index (χ0v) is 12.2. The number of hydrogen-bond donors (Lipinski definition) is 3. The van der Waals surface area contributed by atoms with Gasteiger partial charge in [-0.05, 0) is 38.8 Å². The summed E-state index contributed by atoms with van der Waals surface area (Å²) in [7, 11) is 0. The number of piperazine rings is 1. The van der Waals surface area contributed by atoms with Gasteiger partial charge in [-0.3, -0.25) is 4.79 Å². The lowest BCUT2D eigenvalue weighted by Gasteiger charge is -2.29. The van der Waals surface area contributed by atoms with Crippen molar-refractivity contribution in [3.05, 3.63) is 0 Å². The molecule has 2 rings (SSSR count). The lowest BCUT2D eigenvalue weighted by atomic mass is 10.1. The van der Waals surface area contributed by atoms with E-state index >= 15 is 0 Å². The van der Waals surface area contributed by atoms with Gasteiger partial charge in [-0.1, -0.05) is 6.92 Å². The van der Waals surface area contributed by atoms with Crippen LogP contribution in [0.4, 0.5) is 0 Å². The predicted octanol–water partition coefficient (Wildman–Crippen LogP) is -0.216. The summed E-state index contributed by atoms with van der Waals surface area (Å²) in [6.45, 7) is 10.3. The highest BCUT2D eigenvalue weighted by Crippen LogP contribution is 2.09. The van der Waals surface area contributed by atoms with E-state index in [9.17, 15) is 4.79 Å². The molecule has 0 radical (unpaired) electrons. The molecule has 5 heteroatoms. The molecule has 3 atom stereocenters. The molecule has 0 saturated carbocycles. The van der Waals surface area contributed by atoms with E-state index in [4.69, 9.17) is 0 Å². The lowest BCUT2D eigenvalue weighted by molar-refractivity contribution is -0.123. The maximum Gasteiger partial charge on any atom is 0.238 e. The number of nitrogens with zero attached hydrogens (tertiary/aromatic N) is 1. The van der Waals surface area contributed by atoms with Crippen LogP contribution in [0.15, 0.2) is 0 Å². The van der Waals surface area contributed by atoms with Crippen molar-refractivity contribution in [3.8, 4) is 0 Å². The van der Waals surface area contributed by atoms with Gasteiger partial charge in [-0.25, -0.2) is 0 Å². The van der Waals surface area contributed by atoms with Crippen molar-refractivity contribution in [3.63, 3.8) is 0 Å². The van der Waals surface area contributed by atoms with E-state index in [1.165, 1.54) is 25.9 Å². The van der Waals surface area contributed by atoms with E-state index < -0.39 is 0 Å². The summed E-state index contributed by atoms with van der Waals surface area (Å²) in [4.78, 5) is 14.5. The van der Waals surface area contributed by atoms with Crippen LogP contribution in [0.1, 0.15) is 26.7 Å². The van der Waals surface area contributed by atoms with Gasteiger partial charge in [0.05, 0.1) is 6.04 Å². The molecule has 2 aliphatic heterocycles. The van der Waals surface area contributed by atoms with E-state index in [1.807, 2.05) is 0 Å². The summed E-state index contributed by atoms with van der Waals surface area (Å²) in [5.41, 5.74) is 0. The molecule has 3 unspecified atom stereocenters. The van der Waals surface area contributed by atoms with Crippen LogP contribution < -0.4 is 16.0 Å². The molecular formula is C14H28N4O. The Bertz CT molecular complexity index is 283. The summed E-state index contributed by atoms with van der Waals surface area (Å²) < 4.78 is 0. The molecule has 2 saturated heterocycles. The predicted molar refractivity (Wildman–Crippen MR) is 77.1 cm³/mol. The van der Waals surface area contributed by atoms with Gasteiger partial charge in [0.25, 0.3) is 0 Å². The Labute approximate surface area is 116 Å². The molecule has 2 aliphatic rings. The summed E-state index contributed by atoms with van der Waals surface area (Å²) in [6, 6.07) is 0.383. The molecular weight excluding hydrogens is 240 g/mol. The first-order valence-electron chi connectivity index (χ1n) is 7.62. The molecule has 0 aromatic carbocycles. The fourth-order valence-electron chi connectivity index (χ4n) is 2.84. The van der Waals surface area contributed by atoms with E-state index in [0.29, 0.717) is 12.0 Å². The molecule has 5 nitrogen and oxygen atoms in total. The van der Waals surface area contributed by atoms with Crippen LogP contribution in [0.25, 0.3) is 0 Å². The summed E-state index contributed by atoms with van der Waals surface area (Å²) in [5, 5.41) is 9.68. The Morgan fingerprint density at radius 2 is 2.05 bits per heavy atom. The van der Waals surface area contributed by atoms with Crippen LogP contribution in [-0.4, -0.2) is 62.2 Å². The molecule has 2 fully saturated rings. The van der Waals surface area contributed by atoms with Gasteiger partial charge in [0.1, 0.15) is 0 Å². The number of likely N-dealkylation sites (tertiary alicyclic amines) is 1. The minimum Gasteiger partial charge on any atom is -0.354 e. The number of rotatable bonds is 5. The van der Waals surface area contributed by atoms with E-state index in [0.717, 1.165) is 26.2 Å². The van der Waals surface area contributed by atoms with Gasteiger partial charge in [-0.15, -0.1) is 0 Å². The van der Waals surface area contributed by atoms with Gasteiger partial charge in [0, 0.05) is 32.2 Å². The Hall–Kier alpha value is -0.650. The third-order valence-corrected chi connectivity index (χ3v) is 4.05. The van der Waals surface area contributed by atoms with Gasteiger partial charge < -0.3 is 20.9 Å². The average Bonchev–Trinajstić information content (AvgIpc) is 2.89. The fraction of sp³-hybridized carbons (Fsp3) is 0.929. The van der Waals surface area contributed by atoms with Crippen molar-refractivity contribution < 1.29 is 4.79 Å². The molecule has 110 valence electrons. The van der Waals surface area contributed by atoms with Crippen molar-refractivity contribution >= 4 is 5.91 Å². The molecule has 2 heterocycles. The lowest BCUT2D eigenvalue weighted by Crippen LogP contribution is -2.59. The van der Waals surface area contributed by atoms with Crippen LogP contribution in [-0.2, 0) is 4.79 Å². The molecule has 0 aromatic heterocycles. The van der Waals surface area contributed by atoms with Crippen LogP contribution in [0.2, 0.25) is 0 Å². The topological polar surface area (TPSA) is 56.4 Å². The Morgan fingerprint density at radius 1 is 1.32 bits per heavy atom. The maximum absolute atomic E-state index is 12.0. The van der Waals surface area contributed by atoms with Gasteiger partial charge in [0.15, 0.2) is 0 Å². The van der Waals surface area contributed by atoms with Gasteiger partial charge >= 0.3 is 0 Å². The largest absolute Gasteiger partial charge is 0.354 e. The summed E-state index contributed by atoms with van der Waals surface area (Å²) >= 11 is 0. The van der Waals surface area contributed by atoms with Gasteiger partial charge in [-0.2, -0.15) is 0 Å². The number of amides is 1. The average molecular weight is 268 g/mol. The third-order valence-electron chi connectivity index (χ3n) is 4.05. The van der Waals surface area contributed by atoms with Crippen LogP contribution >= 0.6 is 0 Å². The minimum absolute atomic E-state index is 0.0739. The SMILES string of the molecule is CC(CNC(=O)C1CNC(C)CN1)CN1CCCC1. The first kappa shape index (κ1) is 14.8. The monoisotopic (exact) mass is 268 g/mol. The van der Waals surface area contributed by atoms with Crippen molar-refractivity contribution in [2.45, 2.75) is 38.8 Å². The molecule has 3 N–H and O–H groups in total. The molecule has 0 aliphatic carbocycles. The van der Waals surface area contributed by atoms with E-state index in [1.54, 1.807) is 0 Å². The van der Waals surface area contributed by atoms with Crippen molar-refractivity contribution in [1.29, 1.82) is 0 Å². The molecule has 0 aromatic rings. The Kier molecular flexibility index (Phi) is 5.60. The summed E-state index contributed by atoms with van der Waals surface area (Å²) in [5.74, 6) is 0.658. The van der Waals surface area contributed by atoms with E-state index in [2.05, 4.69) is 34.7 Å². The third kappa shape index (κ3) is 4.75.